The second-order valence-electron chi connectivity index (χ2n) is 10.1. The normalized spacial score (nSPS) is 12.1. The Balaban J connectivity index is 0.000000248. The van der Waals surface area contributed by atoms with Gasteiger partial charge in [-0.05, 0) is 49.5 Å². The molecule has 4 nitrogen and oxygen atoms in total. The van der Waals surface area contributed by atoms with Crippen molar-refractivity contribution in [2.75, 3.05) is 27.4 Å². The zero-order chi connectivity index (χ0) is 33.3. The van der Waals surface area contributed by atoms with E-state index in [-0.39, 0.29) is 21.7 Å². The van der Waals surface area contributed by atoms with E-state index in [1.54, 1.807) is 23.4 Å². The minimum Gasteiger partial charge on any atom is -0.384 e. The topological polar surface area (TPSA) is 28.3 Å². The first-order valence-corrected chi connectivity index (χ1v) is 14.8. The SMILES string of the molecule is COCCc1ccc(C)n1-c1ccc(F)[c-]c1F.COCCc1ccc(C)n1-c1ccc(F)[c-]c1F.[C-]1=CC=CC1.[C-]1=CC=CC1.[Ti+4]. The summed E-state index contributed by atoms with van der Waals surface area (Å²) in [4.78, 5) is 0. The van der Waals surface area contributed by atoms with Crippen molar-refractivity contribution in [1.29, 1.82) is 0 Å². The number of ether oxygens (including phenoxy) is 2. The van der Waals surface area contributed by atoms with Gasteiger partial charge in [-0.3, -0.25) is 12.2 Å². The van der Waals surface area contributed by atoms with Crippen molar-refractivity contribution in [1.82, 2.24) is 9.13 Å². The molecule has 2 aromatic heterocycles. The fraction of sp³-hybridized carbons (Fsp3) is 0.263. The van der Waals surface area contributed by atoms with E-state index in [2.05, 4.69) is 36.4 Å². The molecule has 0 radical (unpaired) electrons. The van der Waals surface area contributed by atoms with Crippen LogP contribution in [0.4, 0.5) is 17.6 Å². The molecule has 2 aromatic carbocycles. The van der Waals surface area contributed by atoms with Crippen LogP contribution in [0.15, 0.2) is 85.0 Å². The summed E-state index contributed by atoms with van der Waals surface area (Å²) >= 11 is 0. The molecule has 0 aliphatic heterocycles. The maximum atomic E-state index is 13.7. The monoisotopic (exact) mass is 678 g/mol. The van der Waals surface area contributed by atoms with Crippen molar-refractivity contribution < 1.29 is 48.8 Å². The average Bonchev–Trinajstić information content (AvgIpc) is 3.87. The van der Waals surface area contributed by atoms with Gasteiger partial charge in [-0.2, -0.15) is 12.2 Å². The van der Waals surface area contributed by atoms with Crippen molar-refractivity contribution in [3.63, 3.8) is 0 Å². The fourth-order valence-electron chi connectivity index (χ4n) is 4.58. The first-order valence-electron chi connectivity index (χ1n) is 14.8. The largest absolute Gasteiger partial charge is 4.00 e. The van der Waals surface area contributed by atoms with Crippen LogP contribution in [0.25, 0.3) is 11.4 Å². The third-order valence-electron chi connectivity index (χ3n) is 6.78. The Morgan fingerprint density at radius 1 is 0.617 bits per heavy atom. The Bertz CT molecular complexity index is 1510. The molecule has 6 rings (SSSR count). The number of halogens is 4. The first-order chi connectivity index (χ1) is 22.3. The van der Waals surface area contributed by atoms with E-state index >= 15 is 0 Å². The maximum absolute atomic E-state index is 13.7. The van der Waals surface area contributed by atoms with Gasteiger partial charge < -0.3 is 18.6 Å². The van der Waals surface area contributed by atoms with E-state index in [0.29, 0.717) is 37.4 Å². The molecule has 2 aliphatic carbocycles. The van der Waals surface area contributed by atoms with Crippen molar-refractivity contribution >= 4 is 0 Å². The number of aromatic nitrogens is 2. The number of hydrogen-bond donors (Lipinski definition) is 0. The number of rotatable bonds is 8. The molecule has 0 saturated carbocycles. The molecule has 9 heteroatoms. The van der Waals surface area contributed by atoms with Crippen LogP contribution in [0, 0.1) is 61.4 Å². The van der Waals surface area contributed by atoms with Crippen LogP contribution < -0.4 is 0 Å². The van der Waals surface area contributed by atoms with Crippen molar-refractivity contribution in [3.8, 4) is 11.4 Å². The summed E-state index contributed by atoms with van der Waals surface area (Å²) in [5.74, 6) is -2.76. The van der Waals surface area contributed by atoms with E-state index in [1.807, 2.05) is 62.4 Å². The number of nitrogens with zero attached hydrogens (tertiary/aromatic N) is 2. The molecule has 47 heavy (non-hydrogen) atoms. The molecule has 2 heterocycles. The molecule has 0 atom stereocenters. The number of benzene rings is 2. The van der Waals surface area contributed by atoms with Gasteiger partial charge in [0.25, 0.3) is 0 Å². The molecule has 4 aromatic rings. The van der Waals surface area contributed by atoms with Gasteiger partial charge in [-0.15, -0.1) is 49.2 Å². The van der Waals surface area contributed by atoms with Crippen LogP contribution in [0.5, 0.6) is 0 Å². The molecule has 0 N–H and O–H groups in total. The zero-order valence-electron chi connectivity index (χ0n) is 27.0. The van der Waals surface area contributed by atoms with Gasteiger partial charge in [0.2, 0.25) is 0 Å². The van der Waals surface area contributed by atoms with Crippen molar-refractivity contribution in [2.45, 2.75) is 39.5 Å². The number of aryl methyl sites for hydroxylation is 2. The van der Waals surface area contributed by atoms with Gasteiger partial charge >= 0.3 is 21.7 Å². The molecule has 0 spiro atoms. The quantitative estimate of drug-likeness (QED) is 0.106. The van der Waals surface area contributed by atoms with E-state index in [0.717, 1.165) is 35.6 Å². The summed E-state index contributed by atoms with van der Waals surface area (Å²) in [5.41, 5.74) is 4.25. The van der Waals surface area contributed by atoms with Crippen LogP contribution >= 0.6 is 0 Å². The summed E-state index contributed by atoms with van der Waals surface area (Å²) < 4.78 is 66.8. The summed E-state index contributed by atoms with van der Waals surface area (Å²) in [6, 6.07) is 17.0. The third-order valence-corrected chi connectivity index (χ3v) is 6.78. The second-order valence-corrected chi connectivity index (χ2v) is 10.1. The average molecular weight is 679 g/mol. The summed E-state index contributed by atoms with van der Waals surface area (Å²) in [6.07, 6.45) is 21.3. The van der Waals surface area contributed by atoms with Crippen LogP contribution in [0.3, 0.4) is 0 Å². The predicted molar refractivity (Wildman–Crippen MR) is 173 cm³/mol. The van der Waals surface area contributed by atoms with E-state index in [9.17, 15) is 17.6 Å². The molecular weight excluding hydrogens is 640 g/mol. The van der Waals surface area contributed by atoms with Crippen LogP contribution in [-0.4, -0.2) is 36.6 Å². The zero-order valence-corrected chi connectivity index (χ0v) is 28.6. The fourth-order valence-corrected chi connectivity index (χ4v) is 4.58. The standard InChI is InChI=1S/2C14H14F2NO.2C5H5.Ti/c2*1-10-3-5-12(7-8-18-2)17(10)14-6-4-11(15)9-13(14)16;2*1-2-4-5-3-1;/h2*3-6H,7-8H2,1-2H3;2*1-3H,4H2;/q4*-1;+4. The van der Waals surface area contributed by atoms with Crippen LogP contribution in [0.2, 0.25) is 0 Å². The molecule has 0 unspecified atom stereocenters. The minimum absolute atomic E-state index is 0. The van der Waals surface area contributed by atoms with E-state index in [4.69, 9.17) is 9.47 Å². The van der Waals surface area contributed by atoms with Gasteiger partial charge in [0.05, 0.1) is 13.2 Å². The molecule has 0 saturated heterocycles. The third kappa shape index (κ3) is 12.5. The Morgan fingerprint density at radius 3 is 1.30 bits per heavy atom. The Labute approximate surface area is 290 Å². The first kappa shape index (κ1) is 39.5. The van der Waals surface area contributed by atoms with E-state index < -0.39 is 23.3 Å². The molecule has 244 valence electrons. The molecule has 0 fully saturated rings. The van der Waals surface area contributed by atoms with Crippen molar-refractivity contribution in [2.24, 2.45) is 0 Å². The summed E-state index contributed by atoms with van der Waals surface area (Å²) in [5, 5.41) is 0. The number of allylic oxidation sites excluding steroid dienone is 8. The Morgan fingerprint density at radius 2 is 1.02 bits per heavy atom. The smallest absolute Gasteiger partial charge is 0.384 e. The van der Waals surface area contributed by atoms with Gasteiger partial charge in [0, 0.05) is 73.1 Å². The summed E-state index contributed by atoms with van der Waals surface area (Å²) in [7, 11) is 3.23. The maximum Gasteiger partial charge on any atom is 4.00 e. The van der Waals surface area contributed by atoms with Crippen LogP contribution in [0.1, 0.15) is 35.6 Å². The molecule has 0 bridgehead atoms. The Kier molecular flexibility index (Phi) is 17.8. The second kappa shape index (κ2) is 21.2. The predicted octanol–water partition coefficient (Wildman–Crippen LogP) is 8.71. The molecule has 0 amide bonds. The van der Waals surface area contributed by atoms with Crippen LogP contribution in [-0.2, 0) is 44.0 Å². The number of hydrogen-bond acceptors (Lipinski definition) is 2. The Hall–Kier alpha value is -3.69. The number of methoxy groups -OCH3 is 2. The van der Waals surface area contributed by atoms with E-state index in [1.165, 1.54) is 24.3 Å². The van der Waals surface area contributed by atoms with Gasteiger partial charge in [0.1, 0.15) is 0 Å². The summed E-state index contributed by atoms with van der Waals surface area (Å²) in [6.45, 7) is 4.85. The van der Waals surface area contributed by atoms with Gasteiger partial charge in [0.15, 0.2) is 0 Å². The van der Waals surface area contributed by atoms with Gasteiger partial charge in [-0.1, -0.05) is 0 Å². The minimum atomic E-state index is -0.695. The van der Waals surface area contributed by atoms with Gasteiger partial charge in [-0.25, -0.2) is 41.9 Å². The molecular formula is C38H38F4N2O2Ti. The molecule has 2 aliphatic rings. The van der Waals surface area contributed by atoms with Crippen molar-refractivity contribution in [3.05, 3.63) is 155 Å².